The molecule has 24 heavy (non-hydrogen) atoms. The molecular weight excluding hydrogens is 326 g/mol. The molecule has 1 heterocycles. The van der Waals surface area contributed by atoms with Gasteiger partial charge in [-0.25, -0.2) is 0 Å². The van der Waals surface area contributed by atoms with Crippen molar-refractivity contribution < 1.29 is 17.1 Å². The Kier molecular flexibility index (Phi) is 4.78. The summed E-state index contributed by atoms with van der Waals surface area (Å²) in [5, 5.41) is 3.82. The van der Waals surface area contributed by atoms with E-state index in [1.54, 1.807) is 6.07 Å². The van der Waals surface area contributed by atoms with Crippen LogP contribution in [-0.2, 0) is 27.3 Å². The largest absolute Gasteiger partial charge is 0.356 e. The lowest BCUT2D eigenvalue weighted by atomic mass is 10.0. The Hall–Kier alpha value is -2.44. The quantitative estimate of drug-likeness (QED) is 0.642. The van der Waals surface area contributed by atoms with Crippen molar-refractivity contribution in [1.82, 2.24) is 5.16 Å². The summed E-state index contributed by atoms with van der Waals surface area (Å²) in [4.78, 5) is 0. The Morgan fingerprint density at radius 3 is 2.33 bits per heavy atom. The fraction of sp³-hybridized carbons (Fsp3) is 0.167. The summed E-state index contributed by atoms with van der Waals surface area (Å²) in [6, 6.07) is 19.9. The highest BCUT2D eigenvalue weighted by Crippen LogP contribution is 2.22. The van der Waals surface area contributed by atoms with Crippen LogP contribution < -0.4 is 0 Å². The summed E-state index contributed by atoms with van der Waals surface area (Å²) in [6.07, 6.45) is 1.87. The van der Waals surface area contributed by atoms with E-state index in [9.17, 15) is 8.42 Å². The van der Waals surface area contributed by atoms with E-state index in [1.807, 2.05) is 42.5 Å². The van der Waals surface area contributed by atoms with E-state index in [-0.39, 0.29) is 6.61 Å². The van der Waals surface area contributed by atoms with Crippen molar-refractivity contribution in [2.24, 2.45) is 0 Å². The molecule has 2 aromatic carbocycles. The Balaban J connectivity index is 1.68. The number of hydrogen-bond acceptors (Lipinski definition) is 5. The Morgan fingerprint density at radius 1 is 1.00 bits per heavy atom. The maximum Gasteiger partial charge on any atom is 0.264 e. The molecule has 0 unspecified atom stereocenters. The van der Waals surface area contributed by atoms with Gasteiger partial charge in [-0.3, -0.25) is 4.18 Å². The lowest BCUT2D eigenvalue weighted by molar-refractivity contribution is 0.296. The highest BCUT2D eigenvalue weighted by Gasteiger charge is 2.10. The predicted octanol–water partition coefficient (Wildman–Crippen LogP) is 3.41. The fourth-order valence-electron chi connectivity index (χ4n) is 2.30. The van der Waals surface area contributed by atoms with Gasteiger partial charge in [0.15, 0.2) is 5.76 Å². The van der Waals surface area contributed by atoms with Crippen LogP contribution in [0, 0.1) is 0 Å². The topological polar surface area (TPSA) is 69.4 Å². The lowest BCUT2D eigenvalue weighted by Crippen LogP contribution is -2.02. The average Bonchev–Trinajstić information content (AvgIpc) is 3.03. The van der Waals surface area contributed by atoms with E-state index in [4.69, 9.17) is 8.71 Å². The van der Waals surface area contributed by atoms with E-state index in [1.165, 1.54) is 11.1 Å². The van der Waals surface area contributed by atoms with Crippen LogP contribution in [0.15, 0.2) is 65.2 Å². The van der Waals surface area contributed by atoms with Gasteiger partial charge in [-0.15, -0.1) is 0 Å². The summed E-state index contributed by atoms with van der Waals surface area (Å²) >= 11 is 0. The van der Waals surface area contributed by atoms with Gasteiger partial charge in [-0.2, -0.15) is 8.42 Å². The third-order valence-corrected chi connectivity index (χ3v) is 4.02. The van der Waals surface area contributed by atoms with Crippen molar-refractivity contribution in [3.63, 3.8) is 0 Å². The van der Waals surface area contributed by atoms with Gasteiger partial charge in [0.25, 0.3) is 10.1 Å². The van der Waals surface area contributed by atoms with Crippen molar-refractivity contribution in [3.8, 4) is 11.3 Å². The summed E-state index contributed by atoms with van der Waals surface area (Å²) in [5.41, 5.74) is 3.77. The average molecular weight is 343 g/mol. The molecule has 0 aliphatic carbocycles. The zero-order valence-electron chi connectivity index (χ0n) is 13.2. The second kappa shape index (κ2) is 6.98. The molecule has 124 valence electrons. The smallest absolute Gasteiger partial charge is 0.264 e. The zero-order valence-corrected chi connectivity index (χ0v) is 14.0. The summed E-state index contributed by atoms with van der Waals surface area (Å²) in [5.74, 6) is 0.577. The van der Waals surface area contributed by atoms with E-state index in [0.717, 1.165) is 18.2 Å². The molecule has 0 N–H and O–H groups in total. The number of aromatic nitrogens is 1. The summed E-state index contributed by atoms with van der Waals surface area (Å²) < 4.78 is 31.9. The second-order valence-electron chi connectivity index (χ2n) is 5.51. The maximum absolute atomic E-state index is 11.0. The molecule has 0 aliphatic heterocycles. The van der Waals surface area contributed by atoms with Gasteiger partial charge in [0, 0.05) is 11.6 Å². The molecule has 5 nitrogen and oxygen atoms in total. The molecule has 0 saturated heterocycles. The first-order valence-corrected chi connectivity index (χ1v) is 9.24. The Bertz CT molecular complexity index is 900. The van der Waals surface area contributed by atoms with E-state index >= 15 is 0 Å². The van der Waals surface area contributed by atoms with Crippen LogP contribution in [0.25, 0.3) is 11.3 Å². The summed E-state index contributed by atoms with van der Waals surface area (Å²) in [6.45, 7) is -0.131. The molecule has 0 saturated carbocycles. The maximum atomic E-state index is 11.0. The molecule has 0 bridgehead atoms. The molecule has 1 aromatic heterocycles. The van der Waals surface area contributed by atoms with Gasteiger partial charge >= 0.3 is 0 Å². The monoisotopic (exact) mass is 343 g/mol. The lowest BCUT2D eigenvalue weighted by Gasteiger charge is -2.02. The first-order chi connectivity index (χ1) is 11.5. The van der Waals surface area contributed by atoms with Gasteiger partial charge in [0.1, 0.15) is 12.3 Å². The Morgan fingerprint density at radius 2 is 1.67 bits per heavy atom. The molecule has 3 aromatic rings. The van der Waals surface area contributed by atoms with E-state index < -0.39 is 10.1 Å². The van der Waals surface area contributed by atoms with Crippen LogP contribution in [0.1, 0.15) is 16.8 Å². The molecule has 0 fully saturated rings. The highest BCUT2D eigenvalue weighted by molar-refractivity contribution is 7.85. The van der Waals surface area contributed by atoms with Crippen molar-refractivity contribution in [1.29, 1.82) is 0 Å². The fourth-order valence-corrected chi connectivity index (χ4v) is 2.64. The number of rotatable bonds is 6. The highest BCUT2D eigenvalue weighted by atomic mass is 32.2. The molecule has 0 amide bonds. The standard InChI is InChI=1S/C18H17NO4S/c1-24(20,21)22-13-17-12-18(23-19-17)16-9-7-15(8-10-16)11-14-5-3-2-4-6-14/h2-10,12H,11,13H2,1H3. The van der Waals surface area contributed by atoms with Crippen LogP contribution in [0.3, 0.4) is 0 Å². The van der Waals surface area contributed by atoms with Gasteiger partial charge < -0.3 is 4.52 Å². The van der Waals surface area contributed by atoms with Crippen molar-refractivity contribution in [2.45, 2.75) is 13.0 Å². The minimum absolute atomic E-state index is 0.131. The van der Waals surface area contributed by atoms with Gasteiger partial charge in [0.2, 0.25) is 0 Å². The SMILES string of the molecule is CS(=O)(=O)OCc1cc(-c2ccc(Cc3ccccc3)cc2)on1. The van der Waals surface area contributed by atoms with Crippen LogP contribution in [0.5, 0.6) is 0 Å². The van der Waals surface area contributed by atoms with Crippen LogP contribution >= 0.6 is 0 Å². The van der Waals surface area contributed by atoms with Crippen LogP contribution in [0.2, 0.25) is 0 Å². The molecule has 0 atom stereocenters. The number of hydrogen-bond donors (Lipinski definition) is 0. The Labute approximate surface area is 141 Å². The van der Waals surface area contributed by atoms with Gasteiger partial charge in [-0.1, -0.05) is 59.8 Å². The first-order valence-electron chi connectivity index (χ1n) is 7.43. The minimum atomic E-state index is -3.49. The first kappa shape index (κ1) is 16.4. The molecule has 0 radical (unpaired) electrons. The molecule has 0 spiro atoms. The number of nitrogens with zero attached hydrogens (tertiary/aromatic N) is 1. The van der Waals surface area contributed by atoms with E-state index in [0.29, 0.717) is 11.5 Å². The third-order valence-electron chi connectivity index (χ3n) is 3.47. The zero-order chi connectivity index (χ0) is 17.0. The third kappa shape index (κ3) is 4.53. The van der Waals surface area contributed by atoms with Gasteiger partial charge in [-0.05, 0) is 17.5 Å². The van der Waals surface area contributed by atoms with Crippen molar-refractivity contribution in [2.75, 3.05) is 6.26 Å². The summed E-state index contributed by atoms with van der Waals surface area (Å²) in [7, 11) is -3.49. The second-order valence-corrected chi connectivity index (χ2v) is 7.15. The van der Waals surface area contributed by atoms with Crippen molar-refractivity contribution >= 4 is 10.1 Å². The predicted molar refractivity (Wildman–Crippen MR) is 90.8 cm³/mol. The van der Waals surface area contributed by atoms with Crippen LogP contribution in [-0.4, -0.2) is 19.8 Å². The molecule has 6 heteroatoms. The molecular formula is C18H17NO4S. The molecule has 0 aliphatic rings. The van der Waals surface area contributed by atoms with Crippen LogP contribution in [0.4, 0.5) is 0 Å². The minimum Gasteiger partial charge on any atom is -0.356 e. The normalized spacial score (nSPS) is 11.5. The van der Waals surface area contributed by atoms with E-state index in [2.05, 4.69) is 17.3 Å². The molecule has 3 rings (SSSR count). The number of benzene rings is 2. The van der Waals surface area contributed by atoms with Gasteiger partial charge in [0.05, 0.1) is 6.26 Å². The van der Waals surface area contributed by atoms with Crippen molar-refractivity contribution in [3.05, 3.63) is 77.5 Å².